The monoisotopic (exact) mass is 507 g/mol. The number of piperidine rings is 1. The smallest absolute Gasteiger partial charge is 0.250 e. The number of rotatable bonds is 9. The molecule has 1 aliphatic heterocycles. The summed E-state index contributed by atoms with van der Waals surface area (Å²) in [7, 11) is 0. The first-order valence-corrected chi connectivity index (χ1v) is 13.0. The summed E-state index contributed by atoms with van der Waals surface area (Å²) in [6.07, 6.45) is 9.46. The molecule has 2 aromatic heterocycles. The van der Waals surface area contributed by atoms with Crippen molar-refractivity contribution in [1.29, 1.82) is 0 Å². The molecule has 3 aromatic rings. The van der Waals surface area contributed by atoms with Crippen LogP contribution in [0.1, 0.15) is 50.3 Å². The van der Waals surface area contributed by atoms with Gasteiger partial charge in [0.25, 0.3) is 5.89 Å². The quantitative estimate of drug-likeness (QED) is 0.278. The highest BCUT2D eigenvalue weighted by molar-refractivity contribution is 6.30. The molecule has 1 saturated heterocycles. The minimum Gasteiger partial charge on any atom is -0.493 e. The molecule has 6 rings (SSSR count). The van der Waals surface area contributed by atoms with E-state index in [0.29, 0.717) is 52.5 Å². The second kappa shape index (κ2) is 10.1. The molecule has 2 atom stereocenters. The molecule has 3 aliphatic rings. The molecule has 0 N–H and O–H groups in total. The normalized spacial score (nSPS) is 21.6. The van der Waals surface area contributed by atoms with E-state index in [-0.39, 0.29) is 5.89 Å². The number of hydrogen-bond donors (Lipinski definition) is 0. The van der Waals surface area contributed by atoms with Crippen molar-refractivity contribution in [2.24, 2.45) is 17.8 Å². The number of anilines is 1. The Balaban J connectivity index is 0.942. The molecule has 9 heteroatoms. The standard InChI is InChI=1S/C27H27ClFN5O2/c28-20-15-30-27(31-16-20)34-11-9-18(10-12-34)22-7-5-17(22)2-1-13-35-21-6-8-23(24(29)14-21)26-33-32-25(36-26)19-3-4-19/h6,8,14-19,22H,1-4,9-13H2/t17-,22-/m0/s1. The van der Waals surface area contributed by atoms with Crippen molar-refractivity contribution < 1.29 is 13.5 Å². The fourth-order valence-corrected chi connectivity index (χ4v) is 5.11. The van der Waals surface area contributed by atoms with Crippen LogP contribution in [0.5, 0.6) is 5.75 Å². The molecular weight excluding hydrogens is 481 g/mol. The van der Waals surface area contributed by atoms with E-state index in [9.17, 15) is 4.39 Å². The highest BCUT2D eigenvalue weighted by atomic mass is 35.5. The van der Waals surface area contributed by atoms with E-state index in [0.717, 1.165) is 57.6 Å². The molecule has 0 bridgehead atoms. The average molecular weight is 508 g/mol. The Kier molecular flexibility index (Phi) is 6.49. The van der Waals surface area contributed by atoms with E-state index in [4.69, 9.17) is 20.8 Å². The zero-order valence-corrected chi connectivity index (χ0v) is 20.6. The van der Waals surface area contributed by atoms with Crippen LogP contribution in [0, 0.1) is 35.4 Å². The van der Waals surface area contributed by atoms with Crippen LogP contribution in [0.3, 0.4) is 0 Å². The molecule has 1 saturated carbocycles. The van der Waals surface area contributed by atoms with Crippen molar-refractivity contribution >= 4 is 17.5 Å². The molecule has 36 heavy (non-hydrogen) atoms. The number of nitrogens with zero attached hydrogens (tertiary/aromatic N) is 5. The van der Waals surface area contributed by atoms with Gasteiger partial charge in [-0.25, -0.2) is 14.4 Å². The first-order chi connectivity index (χ1) is 17.6. The number of benzene rings is 1. The number of aromatic nitrogens is 4. The predicted octanol–water partition coefficient (Wildman–Crippen LogP) is 5.52. The molecule has 0 unspecified atom stereocenters. The minimum atomic E-state index is -0.418. The van der Waals surface area contributed by atoms with E-state index in [1.807, 2.05) is 0 Å². The Morgan fingerprint density at radius 3 is 2.58 bits per heavy atom. The minimum absolute atomic E-state index is 0.224. The molecule has 7 nitrogen and oxygen atoms in total. The fourth-order valence-electron chi connectivity index (χ4n) is 5.01. The molecule has 2 aliphatic carbocycles. The Morgan fingerprint density at radius 1 is 1.08 bits per heavy atom. The summed E-state index contributed by atoms with van der Waals surface area (Å²) < 4.78 is 26.1. The molecule has 0 amide bonds. The van der Waals surface area contributed by atoms with E-state index < -0.39 is 5.82 Å². The lowest BCUT2D eigenvalue weighted by Crippen LogP contribution is -2.39. The van der Waals surface area contributed by atoms with Crippen LogP contribution in [-0.4, -0.2) is 39.9 Å². The van der Waals surface area contributed by atoms with Gasteiger partial charge in [0, 0.05) is 36.9 Å². The lowest BCUT2D eigenvalue weighted by atomic mass is 9.71. The third-order valence-corrected chi connectivity index (χ3v) is 7.47. The second-order valence-corrected chi connectivity index (χ2v) is 10.2. The number of hydrogen-bond acceptors (Lipinski definition) is 7. The van der Waals surface area contributed by atoms with Crippen LogP contribution in [0.25, 0.3) is 11.5 Å². The summed E-state index contributed by atoms with van der Waals surface area (Å²) >= 11 is 5.90. The molecule has 1 aromatic carbocycles. The Labute approximate surface area is 214 Å². The Hall–Kier alpha value is -3.18. The highest BCUT2D eigenvalue weighted by Gasteiger charge is 2.34. The molecular formula is C27H27ClFN5O2. The summed E-state index contributed by atoms with van der Waals surface area (Å²) in [5, 5.41) is 8.58. The van der Waals surface area contributed by atoms with Crippen molar-refractivity contribution in [2.75, 3.05) is 24.6 Å². The topological polar surface area (TPSA) is 77.2 Å². The lowest BCUT2D eigenvalue weighted by molar-refractivity contribution is 0.238. The van der Waals surface area contributed by atoms with Crippen LogP contribution in [-0.2, 0) is 0 Å². The van der Waals surface area contributed by atoms with Gasteiger partial charge in [0.1, 0.15) is 11.6 Å². The number of ether oxygens (including phenoxy) is 1. The van der Waals surface area contributed by atoms with E-state index in [2.05, 4.69) is 36.9 Å². The van der Waals surface area contributed by atoms with Crippen molar-refractivity contribution in [3.05, 3.63) is 47.3 Å². The van der Waals surface area contributed by atoms with Gasteiger partial charge >= 0.3 is 0 Å². The Bertz CT molecular complexity index is 1280. The van der Waals surface area contributed by atoms with Gasteiger partial charge in [0.15, 0.2) is 0 Å². The molecule has 0 radical (unpaired) electrons. The van der Waals surface area contributed by atoms with Gasteiger partial charge in [0.2, 0.25) is 11.8 Å². The van der Waals surface area contributed by atoms with Crippen LogP contribution in [0.15, 0.2) is 35.0 Å². The van der Waals surface area contributed by atoms with Crippen molar-refractivity contribution in [3.8, 4) is 29.0 Å². The molecule has 3 heterocycles. The first-order valence-electron chi connectivity index (χ1n) is 12.6. The second-order valence-electron chi connectivity index (χ2n) is 9.80. The maximum absolute atomic E-state index is 14.6. The third kappa shape index (κ3) is 5.03. The zero-order chi connectivity index (χ0) is 24.5. The Morgan fingerprint density at radius 2 is 1.89 bits per heavy atom. The molecule has 186 valence electrons. The largest absolute Gasteiger partial charge is 0.493 e. The van der Waals surface area contributed by atoms with Crippen LogP contribution in [0.4, 0.5) is 10.3 Å². The number of halogens is 2. The van der Waals surface area contributed by atoms with Crippen molar-refractivity contribution in [3.63, 3.8) is 0 Å². The van der Waals surface area contributed by atoms with Crippen molar-refractivity contribution in [1.82, 2.24) is 20.2 Å². The van der Waals surface area contributed by atoms with Gasteiger partial charge in [-0.15, -0.1) is 10.2 Å². The summed E-state index contributed by atoms with van der Waals surface area (Å²) in [6.45, 7) is 2.41. The third-order valence-electron chi connectivity index (χ3n) is 7.27. The summed E-state index contributed by atoms with van der Waals surface area (Å²) in [4.78, 5) is 10.9. The van der Waals surface area contributed by atoms with Crippen molar-refractivity contribution in [2.45, 2.75) is 44.4 Å². The van der Waals surface area contributed by atoms with E-state index in [1.165, 1.54) is 6.07 Å². The van der Waals surface area contributed by atoms with Gasteiger partial charge in [-0.05, 0) is 56.6 Å². The van der Waals surface area contributed by atoms with Crippen LogP contribution >= 0.6 is 11.6 Å². The summed E-state index contributed by atoms with van der Waals surface area (Å²) in [6, 6.07) is 4.79. The van der Waals surface area contributed by atoms with Gasteiger partial charge in [-0.1, -0.05) is 23.4 Å². The SMILES string of the molecule is Fc1cc(OCCC[C@H]2C#C[C@@H]2C2CCN(c3ncc(Cl)cn3)CC2)ccc1-c1nnc(C2CC2)o1. The van der Waals surface area contributed by atoms with Crippen LogP contribution < -0.4 is 9.64 Å². The van der Waals surface area contributed by atoms with Gasteiger partial charge in [-0.3, -0.25) is 0 Å². The fraction of sp³-hybridized carbons (Fsp3) is 0.481. The maximum atomic E-state index is 14.6. The first kappa shape index (κ1) is 23.2. The summed E-state index contributed by atoms with van der Waals surface area (Å²) in [5.41, 5.74) is 0.308. The predicted molar refractivity (Wildman–Crippen MR) is 133 cm³/mol. The zero-order valence-electron chi connectivity index (χ0n) is 19.9. The van der Waals surface area contributed by atoms with Gasteiger partial charge in [-0.2, -0.15) is 0 Å². The van der Waals surface area contributed by atoms with E-state index >= 15 is 0 Å². The molecule has 2 fully saturated rings. The highest BCUT2D eigenvalue weighted by Crippen LogP contribution is 2.40. The summed E-state index contributed by atoms with van der Waals surface area (Å²) in [5.74, 6) is 10.2. The maximum Gasteiger partial charge on any atom is 0.250 e. The molecule has 0 spiro atoms. The van der Waals surface area contributed by atoms with Gasteiger partial charge in [0.05, 0.1) is 29.6 Å². The van der Waals surface area contributed by atoms with Gasteiger partial charge < -0.3 is 14.1 Å². The van der Waals surface area contributed by atoms with Crippen LogP contribution in [0.2, 0.25) is 5.02 Å². The van der Waals surface area contributed by atoms with E-state index in [1.54, 1.807) is 24.5 Å². The lowest BCUT2D eigenvalue weighted by Gasteiger charge is -2.38. The average Bonchev–Trinajstić information content (AvgIpc) is 3.61.